The van der Waals surface area contributed by atoms with Crippen molar-refractivity contribution >= 4 is 5.97 Å². The van der Waals surface area contributed by atoms with E-state index in [1.165, 1.54) is 12.1 Å². The summed E-state index contributed by atoms with van der Waals surface area (Å²) in [6, 6.07) is 5.41. The number of benzene rings is 1. The number of aliphatic carboxylic acids is 1. The molecule has 20 heavy (non-hydrogen) atoms. The Morgan fingerprint density at radius 2 is 1.85 bits per heavy atom. The van der Waals surface area contributed by atoms with Gasteiger partial charge < -0.3 is 10.2 Å². The van der Waals surface area contributed by atoms with Gasteiger partial charge >= 0.3 is 5.97 Å². The quantitative estimate of drug-likeness (QED) is 0.886. The van der Waals surface area contributed by atoms with E-state index < -0.39 is 18.1 Å². The van der Waals surface area contributed by atoms with Crippen molar-refractivity contribution < 1.29 is 19.4 Å². The van der Waals surface area contributed by atoms with Crippen LogP contribution >= 0.6 is 0 Å². The van der Waals surface area contributed by atoms with E-state index in [9.17, 15) is 14.3 Å². The molecule has 1 saturated heterocycles. The number of nitrogens with zero attached hydrogens (tertiary/aromatic N) is 1. The second kappa shape index (κ2) is 6.33. The molecule has 0 saturated carbocycles. The number of halogens is 1. The van der Waals surface area contributed by atoms with E-state index in [1.807, 2.05) is 4.90 Å². The summed E-state index contributed by atoms with van der Waals surface area (Å²) in [5.41, 5.74) is 0.719. The number of hydrogen-bond donors (Lipinski definition) is 2. The molecule has 0 aromatic heterocycles. The van der Waals surface area contributed by atoms with E-state index in [4.69, 9.17) is 5.11 Å². The van der Waals surface area contributed by atoms with Crippen LogP contribution in [-0.4, -0.2) is 40.2 Å². The highest BCUT2D eigenvalue weighted by molar-refractivity contribution is 5.72. The molecule has 1 fully saturated rings. The normalized spacial score (nSPS) is 20.6. The van der Waals surface area contributed by atoms with Gasteiger partial charge in [0.15, 0.2) is 0 Å². The number of likely N-dealkylation sites (tertiary alicyclic amines) is 1. The van der Waals surface area contributed by atoms with Crippen LogP contribution in [-0.2, 0) is 4.79 Å². The summed E-state index contributed by atoms with van der Waals surface area (Å²) in [5, 5.41) is 19.3. The summed E-state index contributed by atoms with van der Waals surface area (Å²) >= 11 is 0. The monoisotopic (exact) mass is 281 g/mol. The summed E-state index contributed by atoms with van der Waals surface area (Å²) in [7, 11) is 0. The Morgan fingerprint density at radius 1 is 1.30 bits per heavy atom. The lowest BCUT2D eigenvalue weighted by Crippen LogP contribution is -2.44. The van der Waals surface area contributed by atoms with E-state index in [1.54, 1.807) is 19.1 Å². The smallest absolute Gasteiger partial charge is 0.320 e. The van der Waals surface area contributed by atoms with Crippen molar-refractivity contribution in [3.63, 3.8) is 0 Å². The second-order valence-corrected chi connectivity index (χ2v) is 5.38. The lowest BCUT2D eigenvalue weighted by atomic mass is 9.87. The molecule has 1 heterocycles. The molecule has 5 heteroatoms. The lowest BCUT2D eigenvalue weighted by Gasteiger charge is -2.36. The zero-order chi connectivity index (χ0) is 14.7. The summed E-state index contributed by atoms with van der Waals surface area (Å²) in [5.74, 6) is -1.04. The van der Waals surface area contributed by atoms with Gasteiger partial charge in [0.1, 0.15) is 11.9 Å². The van der Waals surface area contributed by atoms with Gasteiger partial charge in [0.2, 0.25) is 0 Å². The van der Waals surface area contributed by atoms with Crippen molar-refractivity contribution in [2.45, 2.75) is 31.9 Å². The number of aliphatic hydroxyl groups is 1. The van der Waals surface area contributed by atoms with Crippen LogP contribution in [0.3, 0.4) is 0 Å². The Balaban J connectivity index is 1.93. The molecule has 4 nitrogen and oxygen atoms in total. The Bertz CT molecular complexity index is 455. The molecule has 0 aliphatic carbocycles. The molecule has 0 spiro atoms. The Kier molecular flexibility index (Phi) is 4.73. The zero-order valence-electron chi connectivity index (χ0n) is 11.5. The van der Waals surface area contributed by atoms with E-state index in [0.717, 1.165) is 18.4 Å². The van der Waals surface area contributed by atoms with Gasteiger partial charge in [0, 0.05) is 0 Å². The minimum absolute atomic E-state index is 0.0951. The third kappa shape index (κ3) is 3.35. The van der Waals surface area contributed by atoms with Gasteiger partial charge in [0.25, 0.3) is 0 Å². The first-order chi connectivity index (χ1) is 9.49. The molecule has 1 aromatic rings. The maximum absolute atomic E-state index is 12.9. The van der Waals surface area contributed by atoms with Crippen LogP contribution in [0.5, 0.6) is 0 Å². The van der Waals surface area contributed by atoms with Gasteiger partial charge in [-0.25, -0.2) is 4.39 Å². The third-order valence-corrected chi connectivity index (χ3v) is 4.14. The zero-order valence-corrected chi connectivity index (χ0v) is 11.5. The molecule has 1 aromatic carbocycles. The standard InChI is InChI=1S/C15H20FNO3/c1-10(15(19)20)17-8-6-12(7-9-17)14(18)11-2-4-13(16)5-3-11/h2-5,10,12,14,18H,6-9H2,1H3,(H,19,20)/t10-,14+/m0/s1. The summed E-state index contributed by atoms with van der Waals surface area (Å²) in [4.78, 5) is 12.9. The van der Waals surface area contributed by atoms with Crippen LogP contribution in [0, 0.1) is 11.7 Å². The van der Waals surface area contributed by atoms with Crippen LogP contribution in [0.15, 0.2) is 24.3 Å². The van der Waals surface area contributed by atoms with Crippen LogP contribution in [0.1, 0.15) is 31.4 Å². The van der Waals surface area contributed by atoms with Gasteiger partial charge in [-0.1, -0.05) is 12.1 Å². The largest absolute Gasteiger partial charge is 0.480 e. The summed E-state index contributed by atoms with van der Waals surface area (Å²) in [6.07, 6.45) is 0.879. The highest BCUT2D eigenvalue weighted by atomic mass is 19.1. The van der Waals surface area contributed by atoms with E-state index >= 15 is 0 Å². The molecule has 2 atom stereocenters. The number of hydrogen-bond acceptors (Lipinski definition) is 3. The van der Waals surface area contributed by atoms with Crippen molar-refractivity contribution in [3.8, 4) is 0 Å². The first kappa shape index (κ1) is 14.9. The minimum atomic E-state index is -0.817. The van der Waals surface area contributed by atoms with Crippen molar-refractivity contribution in [2.24, 2.45) is 5.92 Å². The molecule has 0 bridgehead atoms. The minimum Gasteiger partial charge on any atom is -0.480 e. The fourth-order valence-corrected chi connectivity index (χ4v) is 2.71. The molecule has 0 amide bonds. The first-order valence-electron chi connectivity index (χ1n) is 6.89. The van der Waals surface area contributed by atoms with Crippen LogP contribution in [0.4, 0.5) is 4.39 Å². The summed E-state index contributed by atoms with van der Waals surface area (Å²) in [6.45, 7) is 3.01. The van der Waals surface area contributed by atoms with Crippen LogP contribution in [0.25, 0.3) is 0 Å². The Hall–Kier alpha value is -1.46. The SMILES string of the molecule is C[C@@H](C(=O)O)N1CCC([C@H](O)c2ccc(F)cc2)CC1. The fraction of sp³-hybridized carbons (Fsp3) is 0.533. The molecule has 110 valence electrons. The van der Waals surface area contributed by atoms with Gasteiger partial charge in [-0.15, -0.1) is 0 Å². The van der Waals surface area contributed by atoms with Crippen LogP contribution < -0.4 is 0 Å². The molecule has 2 rings (SSSR count). The van der Waals surface area contributed by atoms with Crippen molar-refractivity contribution in [2.75, 3.05) is 13.1 Å². The molecule has 1 aliphatic rings. The Morgan fingerprint density at radius 3 is 2.35 bits per heavy atom. The van der Waals surface area contributed by atoms with Crippen LogP contribution in [0.2, 0.25) is 0 Å². The molecule has 1 aliphatic heterocycles. The number of rotatable bonds is 4. The van der Waals surface area contributed by atoms with Gasteiger partial charge in [-0.2, -0.15) is 0 Å². The molecule has 0 unspecified atom stereocenters. The Labute approximate surface area is 117 Å². The number of carboxylic acids is 1. The first-order valence-corrected chi connectivity index (χ1v) is 6.89. The van der Waals surface area contributed by atoms with Gasteiger partial charge in [-0.05, 0) is 56.5 Å². The van der Waals surface area contributed by atoms with Crippen molar-refractivity contribution in [3.05, 3.63) is 35.6 Å². The number of carboxylic acid groups (broad SMARTS) is 1. The number of carbonyl (C=O) groups is 1. The predicted octanol–water partition coefficient (Wildman–Crippen LogP) is 2.04. The van der Waals surface area contributed by atoms with E-state index in [0.29, 0.717) is 13.1 Å². The average Bonchev–Trinajstić information content (AvgIpc) is 2.46. The second-order valence-electron chi connectivity index (χ2n) is 5.38. The topological polar surface area (TPSA) is 60.8 Å². The number of aliphatic hydroxyl groups excluding tert-OH is 1. The molecular weight excluding hydrogens is 261 g/mol. The molecule has 0 radical (unpaired) electrons. The number of piperidine rings is 1. The van der Waals surface area contributed by atoms with Crippen molar-refractivity contribution in [1.82, 2.24) is 4.90 Å². The highest BCUT2D eigenvalue weighted by Gasteiger charge is 2.30. The molecular formula is C15H20FNO3. The predicted molar refractivity (Wildman–Crippen MR) is 72.8 cm³/mol. The van der Waals surface area contributed by atoms with Gasteiger partial charge in [0.05, 0.1) is 6.10 Å². The van der Waals surface area contributed by atoms with Gasteiger partial charge in [-0.3, -0.25) is 9.69 Å². The van der Waals surface area contributed by atoms with Crippen molar-refractivity contribution in [1.29, 1.82) is 0 Å². The van der Waals surface area contributed by atoms with E-state index in [-0.39, 0.29) is 11.7 Å². The fourth-order valence-electron chi connectivity index (χ4n) is 2.71. The average molecular weight is 281 g/mol. The highest BCUT2D eigenvalue weighted by Crippen LogP contribution is 2.31. The molecule has 2 N–H and O–H groups in total. The maximum atomic E-state index is 12.9. The lowest BCUT2D eigenvalue weighted by molar-refractivity contribution is -0.143. The third-order valence-electron chi connectivity index (χ3n) is 4.14. The maximum Gasteiger partial charge on any atom is 0.320 e. The van der Waals surface area contributed by atoms with E-state index in [2.05, 4.69) is 0 Å². The summed E-state index contributed by atoms with van der Waals surface area (Å²) < 4.78 is 12.9.